The number of piperidine rings is 1. The van der Waals surface area contributed by atoms with Crippen molar-refractivity contribution in [1.82, 2.24) is 25.9 Å². The Hall–Kier alpha value is -3.16. The van der Waals surface area contributed by atoms with Crippen LogP contribution in [0.15, 0.2) is 36.4 Å². The lowest BCUT2D eigenvalue weighted by Gasteiger charge is -2.35. The van der Waals surface area contributed by atoms with E-state index in [1.807, 2.05) is 51.1 Å². The van der Waals surface area contributed by atoms with Crippen LogP contribution in [0.5, 0.6) is 0 Å². The molecule has 8 nitrogen and oxygen atoms in total. The van der Waals surface area contributed by atoms with E-state index < -0.39 is 11.3 Å². The monoisotopic (exact) mass is 397 g/mol. The van der Waals surface area contributed by atoms with Crippen LogP contribution in [-0.2, 0) is 9.59 Å². The number of hydrogen-bond acceptors (Lipinski definition) is 4. The van der Waals surface area contributed by atoms with Crippen LogP contribution in [-0.4, -0.2) is 45.9 Å². The lowest BCUT2D eigenvalue weighted by Crippen LogP contribution is -2.51. The normalized spacial score (nSPS) is 16.9. The SMILES string of the molecule is CC(C)(C)C(=O)N1CCCC(C(=O)NNC(=O)c2cc(-c3ccccc3)n[nH]2)C1. The highest BCUT2D eigenvalue weighted by Gasteiger charge is 2.33. The summed E-state index contributed by atoms with van der Waals surface area (Å²) in [6, 6.07) is 11.1. The van der Waals surface area contributed by atoms with Crippen LogP contribution in [0, 0.1) is 11.3 Å². The number of aromatic nitrogens is 2. The molecular weight excluding hydrogens is 370 g/mol. The minimum atomic E-state index is -0.482. The Morgan fingerprint density at radius 1 is 1.14 bits per heavy atom. The van der Waals surface area contributed by atoms with Crippen molar-refractivity contribution in [3.05, 3.63) is 42.1 Å². The molecule has 1 aliphatic rings. The fourth-order valence-electron chi connectivity index (χ4n) is 3.33. The minimum Gasteiger partial charge on any atom is -0.341 e. The lowest BCUT2D eigenvalue weighted by atomic mass is 9.91. The van der Waals surface area contributed by atoms with Gasteiger partial charge < -0.3 is 4.90 Å². The van der Waals surface area contributed by atoms with Gasteiger partial charge >= 0.3 is 0 Å². The molecule has 1 aromatic carbocycles. The highest BCUT2D eigenvalue weighted by molar-refractivity contribution is 5.95. The standard InChI is InChI=1S/C21H27N5O3/c1-21(2,3)20(29)26-11-7-10-15(13-26)18(27)24-25-19(28)17-12-16(22-23-17)14-8-5-4-6-9-14/h4-6,8-9,12,15H,7,10-11,13H2,1-3H3,(H,22,23)(H,24,27)(H,25,28). The predicted octanol–water partition coefficient (Wildman–Crippen LogP) is 2.12. The fraction of sp³-hybridized carbons (Fsp3) is 0.429. The van der Waals surface area contributed by atoms with E-state index in [1.54, 1.807) is 11.0 Å². The van der Waals surface area contributed by atoms with Crippen LogP contribution in [0.25, 0.3) is 11.3 Å². The summed E-state index contributed by atoms with van der Waals surface area (Å²) in [5, 5.41) is 6.81. The first-order chi connectivity index (χ1) is 13.8. The first-order valence-electron chi connectivity index (χ1n) is 9.76. The Labute approximate surface area is 170 Å². The van der Waals surface area contributed by atoms with E-state index in [0.717, 1.165) is 12.0 Å². The van der Waals surface area contributed by atoms with Crippen molar-refractivity contribution in [1.29, 1.82) is 0 Å². The van der Waals surface area contributed by atoms with Crippen molar-refractivity contribution >= 4 is 17.7 Å². The summed E-state index contributed by atoms with van der Waals surface area (Å²) in [6.07, 6.45) is 1.44. The zero-order valence-electron chi connectivity index (χ0n) is 17.0. The summed E-state index contributed by atoms with van der Waals surface area (Å²) in [6.45, 7) is 6.62. The molecule has 0 bridgehead atoms. The number of aromatic amines is 1. The molecule has 1 unspecified atom stereocenters. The molecule has 8 heteroatoms. The van der Waals surface area contributed by atoms with Crippen molar-refractivity contribution < 1.29 is 14.4 Å². The maximum Gasteiger partial charge on any atom is 0.287 e. The van der Waals surface area contributed by atoms with Crippen molar-refractivity contribution in [2.45, 2.75) is 33.6 Å². The van der Waals surface area contributed by atoms with Crippen molar-refractivity contribution in [2.75, 3.05) is 13.1 Å². The number of rotatable bonds is 3. The van der Waals surface area contributed by atoms with Gasteiger partial charge in [-0.05, 0) is 18.9 Å². The van der Waals surface area contributed by atoms with E-state index in [-0.39, 0.29) is 23.4 Å². The van der Waals surface area contributed by atoms with Gasteiger partial charge in [-0.1, -0.05) is 51.1 Å². The average Bonchev–Trinajstić information content (AvgIpc) is 3.21. The zero-order valence-corrected chi connectivity index (χ0v) is 17.0. The van der Waals surface area contributed by atoms with Gasteiger partial charge in [0.2, 0.25) is 11.8 Å². The van der Waals surface area contributed by atoms with E-state index in [2.05, 4.69) is 21.0 Å². The molecule has 1 aliphatic heterocycles. The van der Waals surface area contributed by atoms with Gasteiger partial charge in [0.25, 0.3) is 5.91 Å². The van der Waals surface area contributed by atoms with Gasteiger partial charge in [-0.2, -0.15) is 5.10 Å². The van der Waals surface area contributed by atoms with Crippen molar-refractivity contribution in [3.8, 4) is 11.3 Å². The molecule has 3 amide bonds. The van der Waals surface area contributed by atoms with E-state index in [4.69, 9.17) is 0 Å². The number of carbonyl (C=O) groups is 3. The van der Waals surface area contributed by atoms with Gasteiger partial charge in [-0.3, -0.25) is 30.3 Å². The third-order valence-corrected chi connectivity index (χ3v) is 4.91. The molecule has 0 spiro atoms. The summed E-state index contributed by atoms with van der Waals surface area (Å²) in [5.41, 5.74) is 6.19. The Morgan fingerprint density at radius 2 is 1.86 bits per heavy atom. The molecule has 1 fully saturated rings. The number of hydrazine groups is 1. The maximum atomic E-state index is 12.5. The molecule has 29 heavy (non-hydrogen) atoms. The van der Waals surface area contributed by atoms with Crippen molar-refractivity contribution in [2.24, 2.45) is 11.3 Å². The Morgan fingerprint density at radius 3 is 2.55 bits per heavy atom. The molecule has 3 N–H and O–H groups in total. The molecule has 2 heterocycles. The third kappa shape index (κ3) is 5.01. The minimum absolute atomic E-state index is 0.0323. The average molecular weight is 397 g/mol. The van der Waals surface area contributed by atoms with Crippen LogP contribution < -0.4 is 10.9 Å². The van der Waals surface area contributed by atoms with Gasteiger partial charge in [0, 0.05) is 24.1 Å². The number of nitrogens with zero attached hydrogens (tertiary/aromatic N) is 2. The van der Waals surface area contributed by atoms with Gasteiger partial charge in [-0.25, -0.2) is 0 Å². The summed E-state index contributed by atoms with van der Waals surface area (Å²) in [4.78, 5) is 39.0. The largest absolute Gasteiger partial charge is 0.341 e. The highest BCUT2D eigenvalue weighted by Crippen LogP contribution is 2.23. The van der Waals surface area contributed by atoms with Crippen LogP contribution in [0.1, 0.15) is 44.1 Å². The summed E-state index contributed by atoms with van der Waals surface area (Å²) in [5.74, 6) is -1.10. The Kier molecular flexibility index (Phi) is 6.00. The quantitative estimate of drug-likeness (QED) is 0.690. The zero-order chi connectivity index (χ0) is 21.0. The second-order valence-electron chi connectivity index (χ2n) is 8.32. The molecular formula is C21H27N5O3. The number of amides is 3. The molecule has 0 aliphatic carbocycles. The van der Waals surface area contributed by atoms with E-state index >= 15 is 0 Å². The number of hydrogen-bond donors (Lipinski definition) is 3. The summed E-state index contributed by atoms with van der Waals surface area (Å²) < 4.78 is 0. The second-order valence-corrected chi connectivity index (χ2v) is 8.32. The first-order valence-corrected chi connectivity index (χ1v) is 9.76. The van der Waals surface area contributed by atoms with E-state index in [0.29, 0.717) is 25.2 Å². The molecule has 154 valence electrons. The fourth-order valence-corrected chi connectivity index (χ4v) is 3.33. The van der Waals surface area contributed by atoms with Crippen LogP contribution in [0.4, 0.5) is 0 Å². The van der Waals surface area contributed by atoms with Crippen molar-refractivity contribution in [3.63, 3.8) is 0 Å². The number of H-pyrrole nitrogens is 1. The number of carbonyl (C=O) groups excluding carboxylic acids is 3. The molecule has 0 saturated carbocycles. The first kappa shape index (κ1) is 20.6. The van der Waals surface area contributed by atoms with E-state index in [9.17, 15) is 14.4 Å². The maximum absolute atomic E-state index is 12.5. The summed E-state index contributed by atoms with van der Waals surface area (Å²) >= 11 is 0. The Balaban J connectivity index is 1.54. The van der Waals surface area contributed by atoms with Gasteiger partial charge in [0.15, 0.2) is 0 Å². The molecule has 1 atom stereocenters. The van der Waals surface area contributed by atoms with Gasteiger partial charge in [-0.15, -0.1) is 0 Å². The molecule has 3 rings (SSSR count). The molecule has 2 aromatic rings. The number of benzene rings is 1. The third-order valence-electron chi connectivity index (χ3n) is 4.91. The van der Waals surface area contributed by atoms with E-state index in [1.165, 1.54) is 0 Å². The number of nitrogens with one attached hydrogen (secondary N) is 3. The van der Waals surface area contributed by atoms with Crippen LogP contribution in [0.2, 0.25) is 0 Å². The topological polar surface area (TPSA) is 107 Å². The smallest absolute Gasteiger partial charge is 0.287 e. The highest BCUT2D eigenvalue weighted by atomic mass is 16.2. The Bertz CT molecular complexity index is 885. The van der Waals surface area contributed by atoms with Crippen LogP contribution in [0.3, 0.4) is 0 Å². The molecule has 1 saturated heterocycles. The van der Waals surface area contributed by atoms with Gasteiger partial charge in [0.05, 0.1) is 11.6 Å². The van der Waals surface area contributed by atoms with Crippen LogP contribution >= 0.6 is 0 Å². The second kappa shape index (κ2) is 8.46. The predicted molar refractivity (Wildman–Crippen MR) is 108 cm³/mol. The lowest BCUT2D eigenvalue weighted by molar-refractivity contribution is -0.143. The van der Waals surface area contributed by atoms with Gasteiger partial charge in [0.1, 0.15) is 5.69 Å². The summed E-state index contributed by atoms with van der Waals surface area (Å²) in [7, 11) is 0. The molecule has 1 aromatic heterocycles. The molecule has 0 radical (unpaired) electrons. The number of likely N-dealkylation sites (tertiary alicyclic amines) is 1.